The minimum atomic E-state index is -3.81. The Kier molecular flexibility index (Phi) is 5.79. The molecule has 1 aromatic carbocycles. The van der Waals surface area contributed by atoms with E-state index in [1.165, 1.54) is 0 Å². The smallest absolute Gasteiger partial charge is 0.264 e. The summed E-state index contributed by atoms with van der Waals surface area (Å²) < 4.78 is 35.0. The molecule has 0 aliphatic carbocycles. The molecule has 0 aromatic heterocycles. The SMILES string of the molecule is CC(C)C(=N[C@H]1c2cc(C#N)ccc2OC(C)(C)[C@@H]1OS(C)(=O)=O)NC#N. The number of amidine groups is 1. The van der Waals surface area contributed by atoms with Crippen molar-refractivity contribution in [2.45, 2.75) is 45.4 Å². The number of fused-ring (bicyclic) bond motifs is 1. The molecule has 0 fully saturated rings. The number of rotatable bonds is 4. The first-order chi connectivity index (χ1) is 12.5. The van der Waals surface area contributed by atoms with Gasteiger partial charge in [0.1, 0.15) is 29.3 Å². The standard InChI is InChI=1S/C18H22N4O4S/c1-11(2)17(21-10-20)22-15-13-8-12(9-19)6-7-14(13)25-18(3,4)16(15)26-27(5,23)24/h6-8,11,15-16H,1-5H3,(H,21,22)/t15-,16+/m0/s1. The summed E-state index contributed by atoms with van der Waals surface area (Å²) in [6.07, 6.45) is 1.82. The van der Waals surface area contributed by atoms with Gasteiger partial charge in [-0.25, -0.2) is 0 Å². The Bertz CT molecular complexity index is 939. The van der Waals surface area contributed by atoms with Crippen molar-refractivity contribution >= 4 is 16.0 Å². The van der Waals surface area contributed by atoms with Gasteiger partial charge in [0.05, 0.1) is 17.9 Å². The van der Waals surface area contributed by atoms with Gasteiger partial charge in [0, 0.05) is 11.5 Å². The summed E-state index contributed by atoms with van der Waals surface area (Å²) in [6.45, 7) is 7.12. The molecule has 2 atom stereocenters. The van der Waals surface area contributed by atoms with Gasteiger partial charge in [-0.2, -0.15) is 18.9 Å². The van der Waals surface area contributed by atoms with E-state index in [0.29, 0.717) is 22.7 Å². The first kappa shape index (κ1) is 20.7. The van der Waals surface area contributed by atoms with E-state index < -0.39 is 27.9 Å². The highest BCUT2D eigenvalue weighted by molar-refractivity contribution is 7.86. The summed E-state index contributed by atoms with van der Waals surface area (Å²) in [4.78, 5) is 4.61. The van der Waals surface area contributed by atoms with Crippen molar-refractivity contribution in [3.63, 3.8) is 0 Å². The second kappa shape index (κ2) is 7.55. The van der Waals surface area contributed by atoms with Crippen LogP contribution in [0.4, 0.5) is 0 Å². The van der Waals surface area contributed by atoms with Crippen molar-refractivity contribution in [2.24, 2.45) is 10.9 Å². The van der Waals surface area contributed by atoms with Crippen LogP contribution in [-0.2, 0) is 14.3 Å². The molecule has 1 N–H and O–H groups in total. The van der Waals surface area contributed by atoms with E-state index in [1.54, 1.807) is 32.0 Å². The first-order valence-corrected chi connectivity index (χ1v) is 10.1. The maximum absolute atomic E-state index is 11.9. The molecular weight excluding hydrogens is 368 g/mol. The van der Waals surface area contributed by atoms with Crippen LogP contribution in [0.3, 0.4) is 0 Å². The topological polar surface area (TPSA) is 125 Å². The van der Waals surface area contributed by atoms with E-state index in [-0.39, 0.29) is 5.92 Å². The summed E-state index contributed by atoms with van der Waals surface area (Å²) in [5, 5.41) is 20.8. The molecular formula is C18H22N4O4S. The lowest BCUT2D eigenvalue weighted by molar-refractivity contribution is -0.0387. The summed E-state index contributed by atoms with van der Waals surface area (Å²) in [6, 6.07) is 6.13. The van der Waals surface area contributed by atoms with Crippen LogP contribution in [0.15, 0.2) is 23.2 Å². The van der Waals surface area contributed by atoms with Crippen LogP contribution >= 0.6 is 0 Å². The summed E-state index contributed by atoms with van der Waals surface area (Å²) in [5.41, 5.74) is -0.109. The second-order valence-corrected chi connectivity index (χ2v) is 8.74. The van der Waals surface area contributed by atoms with Gasteiger partial charge in [-0.05, 0) is 32.0 Å². The van der Waals surface area contributed by atoms with E-state index in [9.17, 15) is 13.7 Å². The predicted molar refractivity (Wildman–Crippen MR) is 99.3 cm³/mol. The Balaban J connectivity index is 2.72. The van der Waals surface area contributed by atoms with Gasteiger partial charge in [-0.15, -0.1) is 0 Å². The fourth-order valence-corrected chi connectivity index (χ4v) is 3.57. The zero-order valence-electron chi connectivity index (χ0n) is 15.8. The highest BCUT2D eigenvalue weighted by Crippen LogP contribution is 2.44. The van der Waals surface area contributed by atoms with E-state index in [2.05, 4.69) is 16.4 Å². The van der Waals surface area contributed by atoms with Gasteiger partial charge in [0.25, 0.3) is 10.1 Å². The Labute approximate surface area is 159 Å². The third-order valence-corrected chi connectivity index (χ3v) is 4.65. The number of ether oxygens (including phenoxy) is 1. The minimum Gasteiger partial charge on any atom is -0.485 e. The van der Waals surface area contributed by atoms with Crippen molar-refractivity contribution in [1.29, 1.82) is 10.5 Å². The van der Waals surface area contributed by atoms with Crippen molar-refractivity contribution in [2.75, 3.05) is 6.26 Å². The molecule has 2 rings (SSSR count). The molecule has 27 heavy (non-hydrogen) atoms. The Morgan fingerprint density at radius 2 is 2.04 bits per heavy atom. The number of aliphatic imine (C=N–C) groups is 1. The van der Waals surface area contributed by atoms with Gasteiger partial charge < -0.3 is 4.74 Å². The van der Waals surface area contributed by atoms with Gasteiger partial charge in [-0.3, -0.25) is 14.5 Å². The molecule has 1 aliphatic heterocycles. The Morgan fingerprint density at radius 3 is 2.56 bits per heavy atom. The highest BCUT2D eigenvalue weighted by Gasteiger charge is 2.47. The van der Waals surface area contributed by atoms with E-state index >= 15 is 0 Å². The Morgan fingerprint density at radius 1 is 1.37 bits per heavy atom. The molecule has 0 saturated carbocycles. The number of nitrogens with one attached hydrogen (secondary N) is 1. The largest absolute Gasteiger partial charge is 0.485 e. The van der Waals surface area contributed by atoms with Crippen LogP contribution in [0.5, 0.6) is 5.75 Å². The monoisotopic (exact) mass is 390 g/mol. The van der Waals surface area contributed by atoms with Crippen LogP contribution in [0.1, 0.15) is 44.9 Å². The number of hydrogen-bond acceptors (Lipinski definition) is 7. The average molecular weight is 390 g/mol. The Hall–Kier alpha value is -2.62. The quantitative estimate of drug-likeness (QED) is 0.275. The van der Waals surface area contributed by atoms with Crippen LogP contribution in [0.25, 0.3) is 0 Å². The maximum Gasteiger partial charge on any atom is 0.264 e. The van der Waals surface area contributed by atoms with Gasteiger partial charge >= 0.3 is 0 Å². The normalized spacial score (nSPS) is 21.6. The lowest BCUT2D eigenvalue weighted by atomic mass is 9.86. The lowest BCUT2D eigenvalue weighted by Gasteiger charge is -2.42. The highest BCUT2D eigenvalue weighted by atomic mass is 32.2. The molecule has 0 saturated heterocycles. The molecule has 0 spiro atoms. The van der Waals surface area contributed by atoms with E-state index in [0.717, 1.165) is 6.26 Å². The zero-order chi connectivity index (χ0) is 20.4. The number of benzene rings is 1. The van der Waals surface area contributed by atoms with E-state index in [1.807, 2.05) is 20.0 Å². The molecule has 1 aliphatic rings. The fourth-order valence-electron chi connectivity index (χ4n) is 2.85. The molecule has 0 unspecified atom stereocenters. The number of nitrogens with zero attached hydrogens (tertiary/aromatic N) is 3. The van der Waals surface area contributed by atoms with Crippen molar-refractivity contribution in [3.8, 4) is 18.0 Å². The predicted octanol–water partition coefficient (Wildman–Crippen LogP) is 2.24. The van der Waals surface area contributed by atoms with Crippen LogP contribution in [0.2, 0.25) is 0 Å². The summed E-state index contributed by atoms with van der Waals surface area (Å²) >= 11 is 0. The molecule has 0 amide bonds. The van der Waals surface area contributed by atoms with Crippen molar-refractivity contribution < 1.29 is 17.3 Å². The molecule has 1 heterocycles. The fraction of sp³-hybridized carbons (Fsp3) is 0.500. The first-order valence-electron chi connectivity index (χ1n) is 8.32. The molecule has 8 nitrogen and oxygen atoms in total. The molecule has 1 aromatic rings. The number of hydrogen-bond donors (Lipinski definition) is 1. The van der Waals surface area contributed by atoms with Crippen LogP contribution in [-0.4, -0.2) is 32.2 Å². The molecule has 0 bridgehead atoms. The van der Waals surface area contributed by atoms with Gasteiger partial charge in [-0.1, -0.05) is 13.8 Å². The van der Waals surface area contributed by atoms with Crippen molar-refractivity contribution in [3.05, 3.63) is 29.3 Å². The lowest BCUT2D eigenvalue weighted by Crippen LogP contribution is -2.51. The average Bonchev–Trinajstić information content (AvgIpc) is 2.55. The molecule has 144 valence electrons. The third-order valence-electron chi connectivity index (χ3n) is 4.09. The second-order valence-electron chi connectivity index (χ2n) is 7.14. The van der Waals surface area contributed by atoms with Crippen LogP contribution < -0.4 is 10.1 Å². The zero-order valence-corrected chi connectivity index (χ0v) is 16.7. The van der Waals surface area contributed by atoms with E-state index in [4.69, 9.17) is 14.2 Å². The van der Waals surface area contributed by atoms with Gasteiger partial charge in [0.2, 0.25) is 0 Å². The minimum absolute atomic E-state index is 0.114. The van der Waals surface area contributed by atoms with Gasteiger partial charge in [0.15, 0.2) is 6.19 Å². The maximum atomic E-state index is 11.9. The molecule has 9 heteroatoms. The number of nitriles is 2. The molecule has 0 radical (unpaired) electrons. The van der Waals surface area contributed by atoms with Crippen LogP contribution in [0, 0.1) is 28.7 Å². The third kappa shape index (κ3) is 4.76. The summed E-state index contributed by atoms with van der Waals surface area (Å²) in [5.74, 6) is 0.758. The summed E-state index contributed by atoms with van der Waals surface area (Å²) in [7, 11) is -3.81. The van der Waals surface area contributed by atoms with Crippen molar-refractivity contribution in [1.82, 2.24) is 5.32 Å².